The Hall–Kier alpha value is -0.910. The summed E-state index contributed by atoms with van der Waals surface area (Å²) in [5, 5.41) is 33.7. The second-order valence-electron chi connectivity index (χ2n) is 19.1. The summed E-state index contributed by atoms with van der Waals surface area (Å²) in [7, 11) is 0. The lowest BCUT2D eigenvalue weighted by molar-refractivity contribution is -0.124. The molecule has 0 spiro atoms. The van der Waals surface area contributed by atoms with Crippen LogP contribution in [-0.4, -0.2) is 46.1 Å². The van der Waals surface area contributed by atoms with Gasteiger partial charge in [-0.1, -0.05) is 276 Å². The van der Waals surface area contributed by atoms with Crippen LogP contribution in [0.5, 0.6) is 0 Å². The van der Waals surface area contributed by atoms with Gasteiger partial charge in [0.15, 0.2) is 0 Å². The largest absolute Gasteiger partial charge is 0.394 e. The number of allylic oxidation sites excluding steroid dienone is 2. The van der Waals surface area contributed by atoms with Gasteiger partial charge >= 0.3 is 0 Å². The predicted molar refractivity (Wildman–Crippen MR) is 264 cm³/mol. The molecule has 0 aliphatic carbocycles. The zero-order valence-electron chi connectivity index (χ0n) is 40.9. The van der Waals surface area contributed by atoms with Crippen molar-refractivity contribution >= 4 is 5.91 Å². The summed E-state index contributed by atoms with van der Waals surface area (Å²) >= 11 is 0. The summed E-state index contributed by atoms with van der Waals surface area (Å²) < 4.78 is 0. The van der Waals surface area contributed by atoms with Gasteiger partial charge in [-0.2, -0.15) is 0 Å². The normalized spacial score (nSPS) is 13.3. The van der Waals surface area contributed by atoms with Crippen LogP contribution in [0.3, 0.4) is 0 Å². The number of aliphatic hydroxyl groups excluding tert-OH is 3. The first kappa shape index (κ1) is 59.1. The van der Waals surface area contributed by atoms with Gasteiger partial charge in [0.2, 0.25) is 5.91 Å². The van der Waals surface area contributed by atoms with Gasteiger partial charge in [-0.15, -0.1) is 0 Å². The molecule has 1 amide bonds. The Morgan fingerprint density at radius 3 is 0.967 bits per heavy atom. The fourth-order valence-corrected chi connectivity index (χ4v) is 8.87. The number of hydrogen-bond acceptors (Lipinski definition) is 4. The summed E-state index contributed by atoms with van der Waals surface area (Å²) in [6, 6.07) is -0.822. The van der Waals surface area contributed by atoms with E-state index in [1.54, 1.807) is 0 Å². The van der Waals surface area contributed by atoms with Crippen LogP contribution in [0.15, 0.2) is 12.2 Å². The maximum atomic E-state index is 12.5. The Labute approximate surface area is 376 Å². The number of amides is 1. The highest BCUT2D eigenvalue weighted by Crippen LogP contribution is 2.18. The minimum atomic E-state index is -1.15. The van der Waals surface area contributed by atoms with E-state index in [9.17, 15) is 20.1 Å². The molecule has 3 atom stereocenters. The minimum Gasteiger partial charge on any atom is -0.394 e. The molecule has 358 valence electrons. The lowest BCUT2D eigenvalue weighted by Gasteiger charge is -2.26. The van der Waals surface area contributed by atoms with Crippen LogP contribution in [0.2, 0.25) is 0 Å². The number of rotatable bonds is 51. The zero-order chi connectivity index (χ0) is 43.7. The standard InChI is InChI=1S/C55H109NO4/c1-3-5-7-9-11-13-15-17-19-21-22-23-24-25-26-27-28-29-30-31-32-33-34-36-38-40-42-44-46-48-50-54(59)56-52(51-57)55(60)53(58)49-47-45-43-41-39-37-35-20-18-16-14-12-10-8-6-4-2/h41,43,52-53,55,57-58,60H,3-40,42,44-51H2,1-2H3,(H,56,59)/b43-41+. The number of carbonyl (C=O) groups is 1. The van der Waals surface area contributed by atoms with Crippen molar-refractivity contribution in [2.75, 3.05) is 6.61 Å². The molecule has 0 rings (SSSR count). The lowest BCUT2D eigenvalue weighted by atomic mass is 10.0. The molecule has 0 bridgehead atoms. The van der Waals surface area contributed by atoms with E-state index in [4.69, 9.17) is 0 Å². The highest BCUT2D eigenvalue weighted by Gasteiger charge is 2.26. The molecule has 5 nitrogen and oxygen atoms in total. The fourth-order valence-electron chi connectivity index (χ4n) is 8.87. The van der Waals surface area contributed by atoms with E-state index in [1.165, 1.54) is 244 Å². The molecule has 0 aromatic rings. The van der Waals surface area contributed by atoms with Gasteiger partial charge in [0.05, 0.1) is 18.8 Å². The maximum absolute atomic E-state index is 12.5. The van der Waals surface area contributed by atoms with Crippen molar-refractivity contribution in [1.29, 1.82) is 0 Å². The third kappa shape index (κ3) is 45.1. The molecule has 0 saturated heterocycles. The quantitative estimate of drug-likeness (QED) is 0.0363. The van der Waals surface area contributed by atoms with Gasteiger partial charge in [-0.25, -0.2) is 0 Å². The first-order chi connectivity index (χ1) is 29.6. The van der Waals surface area contributed by atoms with Crippen molar-refractivity contribution in [1.82, 2.24) is 5.32 Å². The second-order valence-corrected chi connectivity index (χ2v) is 19.1. The van der Waals surface area contributed by atoms with Gasteiger partial charge in [0, 0.05) is 6.42 Å². The van der Waals surface area contributed by atoms with Gasteiger partial charge < -0.3 is 20.6 Å². The third-order valence-electron chi connectivity index (χ3n) is 13.1. The van der Waals surface area contributed by atoms with Gasteiger partial charge in [-0.3, -0.25) is 4.79 Å². The van der Waals surface area contributed by atoms with Crippen molar-refractivity contribution < 1.29 is 20.1 Å². The van der Waals surface area contributed by atoms with Crippen molar-refractivity contribution in [3.8, 4) is 0 Å². The summed E-state index contributed by atoms with van der Waals surface area (Å²) in [5.74, 6) is -0.147. The second kappa shape index (κ2) is 50.7. The van der Waals surface area contributed by atoms with E-state index >= 15 is 0 Å². The van der Waals surface area contributed by atoms with Crippen molar-refractivity contribution in [2.45, 2.75) is 327 Å². The first-order valence-corrected chi connectivity index (χ1v) is 27.5. The maximum Gasteiger partial charge on any atom is 0.220 e. The average molecular weight is 848 g/mol. The molecule has 0 aliphatic rings. The molecule has 4 N–H and O–H groups in total. The summed E-state index contributed by atoms with van der Waals surface area (Å²) in [6.07, 6.45) is 62.3. The third-order valence-corrected chi connectivity index (χ3v) is 13.1. The highest BCUT2D eigenvalue weighted by molar-refractivity contribution is 5.76. The van der Waals surface area contributed by atoms with E-state index in [0.29, 0.717) is 12.8 Å². The molecular weight excluding hydrogens is 739 g/mol. The van der Waals surface area contributed by atoms with Crippen LogP contribution in [0.4, 0.5) is 0 Å². The van der Waals surface area contributed by atoms with E-state index < -0.39 is 18.2 Å². The monoisotopic (exact) mass is 848 g/mol. The van der Waals surface area contributed by atoms with Crippen molar-refractivity contribution in [3.05, 3.63) is 12.2 Å². The summed E-state index contributed by atoms with van der Waals surface area (Å²) in [5.41, 5.74) is 0. The van der Waals surface area contributed by atoms with Crippen LogP contribution in [-0.2, 0) is 4.79 Å². The van der Waals surface area contributed by atoms with Crippen LogP contribution < -0.4 is 5.32 Å². The zero-order valence-corrected chi connectivity index (χ0v) is 40.9. The number of unbranched alkanes of at least 4 members (excludes halogenated alkanes) is 41. The van der Waals surface area contributed by atoms with Crippen LogP contribution >= 0.6 is 0 Å². The molecule has 0 aromatic carbocycles. The van der Waals surface area contributed by atoms with E-state index in [2.05, 4.69) is 31.3 Å². The Bertz CT molecular complexity index is 848. The molecule has 0 aromatic heterocycles. The number of aliphatic hydroxyl groups is 3. The minimum absolute atomic E-state index is 0.147. The number of hydrogen-bond donors (Lipinski definition) is 4. The smallest absolute Gasteiger partial charge is 0.220 e. The van der Waals surface area contributed by atoms with Gasteiger partial charge in [0.1, 0.15) is 6.10 Å². The van der Waals surface area contributed by atoms with E-state index in [1.807, 2.05) is 0 Å². The van der Waals surface area contributed by atoms with Crippen molar-refractivity contribution in [2.24, 2.45) is 0 Å². The Balaban J connectivity index is 3.49. The molecule has 5 heteroatoms. The van der Waals surface area contributed by atoms with Gasteiger partial charge in [0.25, 0.3) is 0 Å². The summed E-state index contributed by atoms with van der Waals surface area (Å²) in [4.78, 5) is 12.5. The summed E-state index contributed by atoms with van der Waals surface area (Å²) in [6.45, 7) is 4.20. The molecule has 3 unspecified atom stereocenters. The molecular formula is C55H109NO4. The van der Waals surface area contributed by atoms with Crippen LogP contribution in [0.1, 0.15) is 309 Å². The molecule has 0 fully saturated rings. The van der Waals surface area contributed by atoms with Crippen molar-refractivity contribution in [3.63, 3.8) is 0 Å². The SMILES string of the molecule is CCCCCCCCCCCCC/C=C/CCCC(O)C(O)C(CO)NC(=O)CCCCCCCCCCCCCCCCCCCCCCCCCCCCCCCC. The van der Waals surface area contributed by atoms with Crippen LogP contribution in [0.25, 0.3) is 0 Å². The Morgan fingerprint density at radius 2 is 0.667 bits per heavy atom. The fraction of sp³-hybridized carbons (Fsp3) is 0.945. The topological polar surface area (TPSA) is 89.8 Å². The van der Waals surface area contributed by atoms with E-state index in [-0.39, 0.29) is 12.5 Å². The lowest BCUT2D eigenvalue weighted by Crippen LogP contribution is -2.50. The molecule has 60 heavy (non-hydrogen) atoms. The Morgan fingerprint density at radius 1 is 0.400 bits per heavy atom. The van der Waals surface area contributed by atoms with Gasteiger partial charge in [-0.05, 0) is 38.5 Å². The highest BCUT2D eigenvalue weighted by atomic mass is 16.3. The average Bonchev–Trinajstić information content (AvgIpc) is 3.25. The van der Waals surface area contributed by atoms with E-state index in [0.717, 1.165) is 38.5 Å². The molecule has 0 radical (unpaired) electrons. The number of carbonyl (C=O) groups excluding carboxylic acids is 1. The predicted octanol–water partition coefficient (Wildman–Crippen LogP) is 16.7. The molecule has 0 saturated carbocycles. The Kier molecular flexibility index (Phi) is 50.0. The molecule has 0 heterocycles. The molecule has 0 aliphatic heterocycles. The van der Waals surface area contributed by atoms with Crippen LogP contribution in [0, 0.1) is 0 Å². The first-order valence-electron chi connectivity index (χ1n) is 27.5. The number of nitrogens with one attached hydrogen (secondary N) is 1.